The first-order valence-corrected chi connectivity index (χ1v) is 20.2. The summed E-state index contributed by atoms with van der Waals surface area (Å²) in [4.78, 5) is 30.0. The molecule has 3 atom stereocenters. The van der Waals surface area contributed by atoms with Gasteiger partial charge in [-0.05, 0) is 48.2 Å². The number of benzene rings is 5. The number of aromatic nitrogens is 1. The standard InChI is InChI=1S/C46H46N4O6S/c47-38-16-10-11-17-39(38)49-42(53)19-9-3-8-18-41(52)48-36-26-24-35(25-27-36)45-54-37(28-40(55-45)32-22-20-31(29-51)21-23-32)30-57-46-50-43(33-12-4-1-5-13-33)44(56-46)34-14-6-2-7-15-34/h1-2,4-7,10-17,20-27,37,40,45,51H,3,8-9,18-19,28-30,47H2,(H,48,52)(H,49,53)/t37-,40+,45+/m0/s1. The SMILES string of the molecule is Nc1ccccc1NC(=O)CCCCCC(=O)Nc1ccc([C@@H]2O[C@H](CSc3nc(-c4ccccc4)c(-c4ccccc4)o3)C[C@H](c3ccc(CO)cc3)O2)cc1. The third kappa shape index (κ3) is 10.8. The molecule has 0 spiro atoms. The van der Waals surface area contributed by atoms with E-state index in [4.69, 9.17) is 24.6 Å². The van der Waals surface area contributed by atoms with E-state index in [0.717, 1.165) is 45.7 Å². The summed E-state index contributed by atoms with van der Waals surface area (Å²) in [7, 11) is 0. The molecule has 5 N–H and O–H groups in total. The van der Waals surface area contributed by atoms with Crippen LogP contribution in [0.2, 0.25) is 0 Å². The molecule has 11 heteroatoms. The number of hydrogen-bond acceptors (Lipinski definition) is 9. The zero-order valence-corrected chi connectivity index (χ0v) is 32.3. The van der Waals surface area contributed by atoms with Crippen molar-refractivity contribution in [3.63, 3.8) is 0 Å². The lowest BCUT2D eigenvalue weighted by atomic mass is 10.0. The zero-order valence-electron chi connectivity index (χ0n) is 31.5. The molecule has 0 aliphatic carbocycles. The number of oxazole rings is 1. The van der Waals surface area contributed by atoms with E-state index < -0.39 is 6.29 Å². The number of thioether (sulfide) groups is 1. The molecule has 57 heavy (non-hydrogen) atoms. The molecule has 0 saturated carbocycles. The highest BCUT2D eigenvalue weighted by atomic mass is 32.2. The summed E-state index contributed by atoms with van der Waals surface area (Å²) >= 11 is 1.51. The van der Waals surface area contributed by atoms with Crippen molar-refractivity contribution in [3.8, 4) is 22.6 Å². The first-order chi connectivity index (χ1) is 27.9. The van der Waals surface area contributed by atoms with Crippen molar-refractivity contribution in [2.24, 2.45) is 0 Å². The predicted molar refractivity (Wildman–Crippen MR) is 224 cm³/mol. The van der Waals surface area contributed by atoms with Gasteiger partial charge in [0.1, 0.15) is 5.69 Å². The van der Waals surface area contributed by atoms with Crippen LogP contribution in [0, 0.1) is 0 Å². The number of nitrogens with one attached hydrogen (secondary N) is 2. The number of para-hydroxylation sites is 2. The molecule has 1 aromatic heterocycles. The lowest BCUT2D eigenvalue weighted by Crippen LogP contribution is -2.31. The first-order valence-electron chi connectivity index (χ1n) is 19.2. The average Bonchev–Trinajstić information content (AvgIpc) is 3.69. The maximum atomic E-state index is 12.8. The number of nitrogens with two attached hydrogens (primary N) is 1. The number of ether oxygens (including phenoxy) is 2. The third-order valence-corrected chi connectivity index (χ3v) is 10.7. The van der Waals surface area contributed by atoms with Gasteiger partial charge >= 0.3 is 0 Å². The van der Waals surface area contributed by atoms with Crippen LogP contribution in [-0.2, 0) is 25.7 Å². The Morgan fingerprint density at radius 2 is 1.35 bits per heavy atom. The highest BCUT2D eigenvalue weighted by molar-refractivity contribution is 7.99. The number of anilines is 3. The first kappa shape index (κ1) is 39.5. The van der Waals surface area contributed by atoms with Gasteiger partial charge in [0.25, 0.3) is 5.22 Å². The number of unbranched alkanes of at least 4 members (excludes halogenated alkanes) is 2. The number of amides is 2. The van der Waals surface area contributed by atoms with Gasteiger partial charge in [-0.1, -0.05) is 127 Å². The molecule has 0 radical (unpaired) electrons. The van der Waals surface area contributed by atoms with Crippen LogP contribution in [0.25, 0.3) is 22.6 Å². The summed E-state index contributed by atoms with van der Waals surface area (Å²) in [5, 5.41) is 16.0. The number of carbonyl (C=O) groups excluding carboxylic acids is 2. The van der Waals surface area contributed by atoms with Crippen LogP contribution in [0.4, 0.5) is 17.1 Å². The van der Waals surface area contributed by atoms with Gasteiger partial charge in [0.05, 0.1) is 30.2 Å². The van der Waals surface area contributed by atoms with Crippen LogP contribution in [0.1, 0.15) is 67.6 Å². The van der Waals surface area contributed by atoms with Crippen molar-refractivity contribution in [2.75, 3.05) is 22.1 Å². The molecule has 7 rings (SSSR count). The van der Waals surface area contributed by atoms with Crippen LogP contribution < -0.4 is 16.4 Å². The Bertz CT molecular complexity index is 2160. The van der Waals surface area contributed by atoms with E-state index in [0.29, 0.717) is 60.1 Å². The van der Waals surface area contributed by atoms with Gasteiger partial charge < -0.3 is 35.4 Å². The highest BCUT2D eigenvalue weighted by Crippen LogP contribution is 2.41. The molecule has 2 amide bonds. The molecule has 2 heterocycles. The number of nitrogen functional groups attached to an aromatic ring is 1. The maximum absolute atomic E-state index is 12.8. The molecular weight excluding hydrogens is 737 g/mol. The van der Waals surface area contributed by atoms with Crippen LogP contribution >= 0.6 is 11.8 Å². The monoisotopic (exact) mass is 782 g/mol. The molecule has 1 aliphatic rings. The molecule has 10 nitrogen and oxygen atoms in total. The average molecular weight is 783 g/mol. The van der Waals surface area contributed by atoms with Crippen molar-refractivity contribution in [1.82, 2.24) is 4.98 Å². The normalized spacial score (nSPS) is 16.5. The van der Waals surface area contributed by atoms with Gasteiger partial charge in [-0.3, -0.25) is 9.59 Å². The van der Waals surface area contributed by atoms with E-state index in [2.05, 4.69) is 10.6 Å². The van der Waals surface area contributed by atoms with Crippen molar-refractivity contribution in [1.29, 1.82) is 0 Å². The molecule has 1 fully saturated rings. The minimum Gasteiger partial charge on any atom is -0.431 e. The van der Waals surface area contributed by atoms with E-state index in [1.165, 1.54) is 11.8 Å². The lowest BCUT2D eigenvalue weighted by molar-refractivity contribution is -0.245. The van der Waals surface area contributed by atoms with Crippen LogP contribution in [0.5, 0.6) is 0 Å². The fraction of sp³-hybridized carbons (Fsp3) is 0.239. The Morgan fingerprint density at radius 3 is 2.04 bits per heavy atom. The molecule has 1 saturated heterocycles. The van der Waals surface area contributed by atoms with Crippen molar-refractivity contribution >= 4 is 40.6 Å². The lowest BCUT2D eigenvalue weighted by Gasteiger charge is -2.36. The van der Waals surface area contributed by atoms with E-state index in [9.17, 15) is 14.7 Å². The van der Waals surface area contributed by atoms with Crippen molar-refractivity contribution < 1.29 is 28.6 Å². The molecule has 6 aromatic rings. The Balaban J connectivity index is 0.964. The summed E-state index contributed by atoms with van der Waals surface area (Å²) < 4.78 is 19.5. The van der Waals surface area contributed by atoms with Crippen molar-refractivity contribution in [2.45, 2.75) is 68.9 Å². The maximum Gasteiger partial charge on any atom is 0.256 e. The minimum absolute atomic E-state index is 0.0318. The van der Waals surface area contributed by atoms with E-state index >= 15 is 0 Å². The second-order valence-corrected chi connectivity index (χ2v) is 14.9. The second-order valence-electron chi connectivity index (χ2n) is 13.9. The number of carbonyl (C=O) groups is 2. The van der Waals surface area contributed by atoms with Gasteiger partial charge in [0.15, 0.2) is 12.1 Å². The fourth-order valence-corrected chi connectivity index (χ4v) is 7.49. The number of hydrogen-bond donors (Lipinski definition) is 4. The van der Waals surface area contributed by atoms with Crippen molar-refractivity contribution in [3.05, 3.63) is 150 Å². The summed E-state index contributed by atoms with van der Waals surface area (Å²) in [6, 6.07) is 42.5. The molecule has 5 aromatic carbocycles. The smallest absolute Gasteiger partial charge is 0.256 e. The number of aliphatic hydroxyl groups excluding tert-OH is 1. The quantitative estimate of drug-likeness (QED) is 0.0428. The molecule has 0 bridgehead atoms. The number of nitrogens with zero attached hydrogens (tertiary/aromatic N) is 1. The largest absolute Gasteiger partial charge is 0.431 e. The van der Waals surface area contributed by atoms with Gasteiger partial charge in [-0.25, -0.2) is 4.98 Å². The Hall–Kier alpha value is -5.72. The second kappa shape index (κ2) is 19.4. The molecular formula is C46H46N4O6S. The molecule has 292 valence electrons. The number of rotatable bonds is 16. The highest BCUT2D eigenvalue weighted by Gasteiger charge is 2.33. The molecule has 1 aliphatic heterocycles. The summed E-state index contributed by atoms with van der Waals surface area (Å²) in [5.41, 5.74) is 13.1. The predicted octanol–water partition coefficient (Wildman–Crippen LogP) is 9.95. The van der Waals surface area contributed by atoms with Gasteiger partial charge in [0, 0.05) is 47.4 Å². The van der Waals surface area contributed by atoms with Gasteiger partial charge in [0.2, 0.25) is 11.8 Å². The topological polar surface area (TPSA) is 149 Å². The Labute approximate surface area is 336 Å². The summed E-state index contributed by atoms with van der Waals surface area (Å²) in [5.74, 6) is 1.12. The van der Waals surface area contributed by atoms with E-state index in [-0.39, 0.29) is 30.6 Å². The Morgan fingerprint density at radius 1 is 0.719 bits per heavy atom. The van der Waals surface area contributed by atoms with E-state index in [1.54, 1.807) is 12.1 Å². The number of aliphatic hydroxyl groups is 1. The zero-order chi connectivity index (χ0) is 39.4. The molecule has 0 unspecified atom stereocenters. The van der Waals surface area contributed by atoms with E-state index in [1.807, 2.05) is 121 Å². The van der Waals surface area contributed by atoms with Crippen LogP contribution in [0.15, 0.2) is 143 Å². The summed E-state index contributed by atoms with van der Waals surface area (Å²) in [6.45, 7) is -0.0318. The Kier molecular flexibility index (Phi) is 13.5. The minimum atomic E-state index is -0.656. The fourth-order valence-electron chi connectivity index (χ4n) is 6.64. The van der Waals surface area contributed by atoms with Gasteiger partial charge in [-0.15, -0.1) is 0 Å². The van der Waals surface area contributed by atoms with Crippen LogP contribution in [0.3, 0.4) is 0 Å². The van der Waals surface area contributed by atoms with Crippen LogP contribution in [-0.4, -0.2) is 33.8 Å². The van der Waals surface area contributed by atoms with Gasteiger partial charge in [-0.2, -0.15) is 0 Å². The summed E-state index contributed by atoms with van der Waals surface area (Å²) in [6.07, 6.45) is 2.31. The third-order valence-electron chi connectivity index (χ3n) is 9.71.